The summed E-state index contributed by atoms with van der Waals surface area (Å²) in [5.41, 5.74) is 0. The summed E-state index contributed by atoms with van der Waals surface area (Å²) in [5, 5.41) is 10.4. The summed E-state index contributed by atoms with van der Waals surface area (Å²) in [6.45, 7) is 6.46. The van der Waals surface area contributed by atoms with Gasteiger partial charge in [0.25, 0.3) is 0 Å². The van der Waals surface area contributed by atoms with Crippen molar-refractivity contribution in [2.24, 2.45) is 11.1 Å². The SMILES string of the molecule is CC(C)CNC(=O)C(C)NCCS(N)(=O)=O. The predicted octanol–water partition coefficient (Wildman–Crippen LogP) is -0.975. The third kappa shape index (κ3) is 8.63. The molecule has 0 rings (SSSR count). The van der Waals surface area contributed by atoms with Gasteiger partial charge in [0, 0.05) is 13.1 Å². The monoisotopic (exact) mass is 251 g/mol. The van der Waals surface area contributed by atoms with Crippen LogP contribution in [0.3, 0.4) is 0 Å². The van der Waals surface area contributed by atoms with E-state index in [0.717, 1.165) is 0 Å². The minimum absolute atomic E-state index is 0.136. The molecule has 1 atom stereocenters. The molecule has 0 saturated heterocycles. The number of hydrogen-bond acceptors (Lipinski definition) is 4. The lowest BCUT2D eigenvalue weighted by Crippen LogP contribution is -2.44. The quantitative estimate of drug-likeness (QED) is 0.541. The van der Waals surface area contributed by atoms with Gasteiger partial charge in [-0.05, 0) is 12.8 Å². The first kappa shape index (κ1) is 15.3. The number of amides is 1. The van der Waals surface area contributed by atoms with Gasteiger partial charge in [-0.1, -0.05) is 13.8 Å². The van der Waals surface area contributed by atoms with Crippen molar-refractivity contribution in [2.45, 2.75) is 26.8 Å². The van der Waals surface area contributed by atoms with Gasteiger partial charge in [0.1, 0.15) is 0 Å². The summed E-state index contributed by atoms with van der Waals surface area (Å²) < 4.78 is 21.3. The zero-order valence-corrected chi connectivity index (χ0v) is 10.8. The molecular formula is C9H21N3O3S. The number of primary sulfonamides is 1. The highest BCUT2D eigenvalue weighted by Gasteiger charge is 2.12. The van der Waals surface area contributed by atoms with Crippen molar-refractivity contribution in [3.05, 3.63) is 0 Å². The Kier molecular flexibility index (Phi) is 6.54. The van der Waals surface area contributed by atoms with Crippen molar-refractivity contribution >= 4 is 15.9 Å². The summed E-state index contributed by atoms with van der Waals surface area (Å²) in [6.07, 6.45) is 0. The predicted molar refractivity (Wildman–Crippen MR) is 63.3 cm³/mol. The lowest BCUT2D eigenvalue weighted by molar-refractivity contribution is -0.122. The summed E-state index contributed by atoms with van der Waals surface area (Å²) in [7, 11) is -3.47. The number of hydrogen-bond donors (Lipinski definition) is 3. The van der Waals surface area contributed by atoms with Gasteiger partial charge < -0.3 is 10.6 Å². The molecule has 0 aliphatic heterocycles. The van der Waals surface area contributed by atoms with E-state index >= 15 is 0 Å². The Morgan fingerprint density at radius 3 is 2.31 bits per heavy atom. The van der Waals surface area contributed by atoms with Crippen molar-refractivity contribution in [2.75, 3.05) is 18.8 Å². The number of carbonyl (C=O) groups excluding carboxylic acids is 1. The van der Waals surface area contributed by atoms with Crippen molar-refractivity contribution in [3.63, 3.8) is 0 Å². The molecular weight excluding hydrogens is 230 g/mol. The molecule has 0 bridgehead atoms. The molecule has 0 radical (unpaired) electrons. The molecule has 1 amide bonds. The Hall–Kier alpha value is -0.660. The van der Waals surface area contributed by atoms with Gasteiger partial charge >= 0.3 is 0 Å². The van der Waals surface area contributed by atoms with Crippen LogP contribution < -0.4 is 15.8 Å². The molecule has 0 heterocycles. The Morgan fingerprint density at radius 2 is 1.88 bits per heavy atom. The molecule has 0 aliphatic carbocycles. The van der Waals surface area contributed by atoms with Crippen molar-refractivity contribution < 1.29 is 13.2 Å². The minimum atomic E-state index is -3.47. The third-order valence-electron chi connectivity index (χ3n) is 1.91. The van der Waals surface area contributed by atoms with Gasteiger partial charge in [-0.3, -0.25) is 4.79 Å². The fraction of sp³-hybridized carbons (Fsp3) is 0.889. The fourth-order valence-electron chi connectivity index (χ4n) is 0.968. The number of rotatable bonds is 7. The zero-order chi connectivity index (χ0) is 12.8. The molecule has 6 nitrogen and oxygen atoms in total. The second-order valence-electron chi connectivity index (χ2n) is 4.18. The maximum Gasteiger partial charge on any atom is 0.236 e. The molecule has 0 aromatic heterocycles. The number of carbonyl (C=O) groups is 1. The molecule has 0 aromatic rings. The lowest BCUT2D eigenvalue weighted by atomic mass is 10.2. The Bertz CT molecular complexity index is 314. The molecule has 0 aromatic carbocycles. The highest BCUT2D eigenvalue weighted by molar-refractivity contribution is 7.89. The van der Waals surface area contributed by atoms with Gasteiger partial charge in [0.15, 0.2) is 0 Å². The van der Waals surface area contributed by atoms with Crippen LogP contribution in [0.1, 0.15) is 20.8 Å². The first-order valence-electron chi connectivity index (χ1n) is 5.24. The second kappa shape index (κ2) is 6.82. The van der Waals surface area contributed by atoms with Crippen LogP contribution in [0, 0.1) is 5.92 Å². The van der Waals surface area contributed by atoms with E-state index in [1.165, 1.54) is 0 Å². The first-order chi connectivity index (χ1) is 7.22. The normalized spacial score (nSPS) is 13.8. The number of nitrogens with two attached hydrogens (primary N) is 1. The highest BCUT2D eigenvalue weighted by atomic mass is 32.2. The summed E-state index contributed by atoms with van der Waals surface area (Å²) in [5.74, 6) is 0.0816. The molecule has 0 saturated carbocycles. The van der Waals surface area contributed by atoms with Gasteiger partial charge in [0.2, 0.25) is 15.9 Å². The van der Waals surface area contributed by atoms with E-state index in [1.807, 2.05) is 13.8 Å². The van der Waals surface area contributed by atoms with Gasteiger partial charge in [-0.25, -0.2) is 13.6 Å². The van der Waals surface area contributed by atoms with Crippen LogP contribution in [0.15, 0.2) is 0 Å². The molecule has 0 fully saturated rings. The fourth-order valence-corrected chi connectivity index (χ4v) is 1.37. The average Bonchev–Trinajstić information content (AvgIpc) is 2.11. The summed E-state index contributed by atoms with van der Waals surface area (Å²) >= 11 is 0. The summed E-state index contributed by atoms with van der Waals surface area (Å²) in [4.78, 5) is 11.4. The maximum absolute atomic E-state index is 11.4. The first-order valence-corrected chi connectivity index (χ1v) is 6.95. The van der Waals surface area contributed by atoms with Crippen LogP contribution >= 0.6 is 0 Å². The molecule has 0 aliphatic rings. The molecule has 1 unspecified atom stereocenters. The van der Waals surface area contributed by atoms with E-state index in [-0.39, 0.29) is 18.2 Å². The Balaban J connectivity index is 3.80. The Morgan fingerprint density at radius 1 is 1.31 bits per heavy atom. The van der Waals surface area contributed by atoms with Gasteiger partial charge in [0.05, 0.1) is 11.8 Å². The maximum atomic E-state index is 11.4. The van der Waals surface area contributed by atoms with Gasteiger partial charge in [-0.2, -0.15) is 0 Å². The van der Waals surface area contributed by atoms with E-state index in [4.69, 9.17) is 5.14 Å². The topological polar surface area (TPSA) is 101 Å². The van der Waals surface area contributed by atoms with Gasteiger partial charge in [-0.15, -0.1) is 0 Å². The van der Waals surface area contributed by atoms with Crippen LogP contribution in [-0.4, -0.2) is 39.2 Å². The average molecular weight is 251 g/mol. The molecule has 0 spiro atoms. The van der Waals surface area contributed by atoms with E-state index < -0.39 is 16.1 Å². The van der Waals surface area contributed by atoms with Crippen LogP contribution in [0.25, 0.3) is 0 Å². The zero-order valence-electron chi connectivity index (χ0n) is 9.99. The van der Waals surface area contributed by atoms with Crippen LogP contribution in [0.4, 0.5) is 0 Å². The Labute approximate surface area is 97.0 Å². The third-order valence-corrected chi connectivity index (χ3v) is 2.69. The standard InChI is InChI=1S/C9H21N3O3S/c1-7(2)6-12-9(13)8(3)11-4-5-16(10,14)15/h7-8,11H,4-6H2,1-3H3,(H,12,13)(H2,10,14,15). The van der Waals surface area contributed by atoms with E-state index in [2.05, 4.69) is 10.6 Å². The smallest absolute Gasteiger partial charge is 0.236 e. The minimum Gasteiger partial charge on any atom is -0.354 e. The van der Waals surface area contributed by atoms with Crippen LogP contribution in [-0.2, 0) is 14.8 Å². The molecule has 96 valence electrons. The number of sulfonamides is 1. The van der Waals surface area contributed by atoms with Crippen molar-refractivity contribution in [1.82, 2.24) is 10.6 Å². The van der Waals surface area contributed by atoms with E-state index in [0.29, 0.717) is 12.5 Å². The summed E-state index contributed by atoms with van der Waals surface area (Å²) in [6, 6.07) is -0.416. The molecule has 7 heteroatoms. The lowest BCUT2D eigenvalue weighted by Gasteiger charge is -2.14. The van der Waals surface area contributed by atoms with Crippen LogP contribution in [0.2, 0.25) is 0 Å². The second-order valence-corrected chi connectivity index (χ2v) is 5.92. The highest BCUT2D eigenvalue weighted by Crippen LogP contribution is 1.89. The van der Waals surface area contributed by atoms with Crippen molar-refractivity contribution in [3.8, 4) is 0 Å². The molecule has 16 heavy (non-hydrogen) atoms. The number of nitrogens with one attached hydrogen (secondary N) is 2. The van der Waals surface area contributed by atoms with Crippen LogP contribution in [0.5, 0.6) is 0 Å². The molecule has 4 N–H and O–H groups in total. The van der Waals surface area contributed by atoms with E-state index in [1.54, 1.807) is 6.92 Å². The van der Waals surface area contributed by atoms with Crippen molar-refractivity contribution in [1.29, 1.82) is 0 Å². The van der Waals surface area contributed by atoms with E-state index in [9.17, 15) is 13.2 Å². The largest absolute Gasteiger partial charge is 0.354 e.